The van der Waals surface area contributed by atoms with Crippen molar-refractivity contribution in [2.75, 3.05) is 45.3 Å². The van der Waals surface area contributed by atoms with E-state index in [0.717, 1.165) is 42.7 Å². The number of aryl methyl sites for hydroxylation is 1. The van der Waals surface area contributed by atoms with Gasteiger partial charge in [0.05, 0.1) is 25.0 Å². The van der Waals surface area contributed by atoms with Crippen molar-refractivity contribution in [3.05, 3.63) is 29.3 Å². The summed E-state index contributed by atoms with van der Waals surface area (Å²) >= 11 is 0. The fourth-order valence-electron chi connectivity index (χ4n) is 3.57. The van der Waals surface area contributed by atoms with Gasteiger partial charge in [-0.1, -0.05) is 31.5 Å². The molecule has 0 saturated carbocycles. The Kier molecular flexibility index (Phi) is 8.09. The molecule has 2 aliphatic rings. The number of hydrogen-bond donors (Lipinski definition) is 1. The normalized spacial score (nSPS) is 18.8. The minimum Gasteiger partial charge on any atom is -0.378 e. The minimum atomic E-state index is -3.36. The average molecular weight is 400 g/mol. The molecule has 0 aliphatic carbocycles. The van der Waals surface area contributed by atoms with E-state index >= 15 is 0 Å². The molecule has 0 bridgehead atoms. The molecule has 2 heterocycles. The Bertz CT molecular complexity index is 701. The van der Waals surface area contributed by atoms with Crippen molar-refractivity contribution in [3.63, 3.8) is 0 Å². The maximum Gasteiger partial charge on any atom is 0.216 e. The van der Waals surface area contributed by atoms with E-state index in [0.29, 0.717) is 19.3 Å². The fraction of sp³-hybridized carbons (Fsp3) is 0.700. The van der Waals surface area contributed by atoms with Crippen molar-refractivity contribution >= 4 is 15.7 Å². The maximum atomic E-state index is 12.5. The Labute approximate surface area is 166 Å². The monoisotopic (exact) mass is 399 g/mol. The molecule has 6 nitrogen and oxygen atoms in total. The van der Waals surface area contributed by atoms with E-state index in [1.807, 2.05) is 26.8 Å². The van der Waals surface area contributed by atoms with Gasteiger partial charge in [-0.15, -0.1) is 0 Å². The number of hydrogen-bond acceptors (Lipinski definition) is 5. The van der Waals surface area contributed by atoms with E-state index in [1.54, 1.807) is 0 Å². The van der Waals surface area contributed by atoms with E-state index in [-0.39, 0.29) is 13.2 Å². The summed E-state index contributed by atoms with van der Waals surface area (Å²) in [6.45, 7) is 8.87. The van der Waals surface area contributed by atoms with Gasteiger partial charge in [-0.2, -0.15) is 0 Å². The second kappa shape index (κ2) is 9.87. The summed E-state index contributed by atoms with van der Waals surface area (Å²) in [6.07, 6.45) is 2.20. The van der Waals surface area contributed by atoms with Gasteiger partial charge < -0.3 is 14.5 Å². The first-order chi connectivity index (χ1) is 12.8. The SMILES string of the molecule is CC.Cc1ccc(N2CCC(N(C)C)CC2)c(CS(=O)(=O)NC2COC2)c1.[HH]. The number of rotatable bonds is 6. The number of piperidine rings is 1. The summed E-state index contributed by atoms with van der Waals surface area (Å²) in [4.78, 5) is 4.61. The zero-order valence-corrected chi connectivity index (χ0v) is 18.2. The highest BCUT2D eigenvalue weighted by atomic mass is 32.2. The third kappa shape index (κ3) is 6.17. The Balaban J connectivity index is 0.00000127. The Morgan fingerprint density at radius 3 is 2.37 bits per heavy atom. The van der Waals surface area contributed by atoms with Gasteiger partial charge in [0.1, 0.15) is 0 Å². The highest BCUT2D eigenvalue weighted by Crippen LogP contribution is 2.28. The van der Waals surface area contributed by atoms with E-state index in [9.17, 15) is 8.42 Å². The summed E-state index contributed by atoms with van der Waals surface area (Å²) in [7, 11) is 0.888. The molecule has 0 aromatic heterocycles. The molecule has 2 saturated heterocycles. The molecule has 0 radical (unpaired) electrons. The van der Waals surface area contributed by atoms with E-state index in [4.69, 9.17) is 4.74 Å². The first-order valence-corrected chi connectivity index (χ1v) is 11.6. The molecule has 2 fully saturated rings. The van der Waals surface area contributed by atoms with Crippen LogP contribution in [0.1, 0.15) is 39.2 Å². The number of sulfonamides is 1. The van der Waals surface area contributed by atoms with Crippen LogP contribution in [0, 0.1) is 6.92 Å². The van der Waals surface area contributed by atoms with Crippen molar-refractivity contribution in [3.8, 4) is 0 Å². The largest absolute Gasteiger partial charge is 0.378 e. The number of anilines is 1. The summed E-state index contributed by atoms with van der Waals surface area (Å²) < 4.78 is 32.8. The van der Waals surface area contributed by atoms with E-state index in [1.165, 1.54) is 0 Å². The lowest BCUT2D eigenvalue weighted by molar-refractivity contribution is 0.00480. The molecule has 156 valence electrons. The standard InChI is InChI=1S/C18H29N3O3S.C2H6.H2/c1-14-4-5-18(21-8-6-17(7-9-21)20(2)3)15(10-14)13-25(22,23)19-16-11-24-12-16;1-2;/h4-5,10,16-17,19H,6-9,11-13H2,1-3H3;1-2H3;1H. The van der Waals surface area contributed by atoms with Crippen molar-refractivity contribution in [1.29, 1.82) is 0 Å². The zero-order valence-electron chi connectivity index (χ0n) is 17.4. The molecule has 1 aromatic carbocycles. The van der Waals surface area contributed by atoms with Crippen LogP contribution in [0.3, 0.4) is 0 Å². The van der Waals surface area contributed by atoms with Gasteiger partial charge in [0.25, 0.3) is 0 Å². The van der Waals surface area contributed by atoms with Crippen LogP contribution >= 0.6 is 0 Å². The highest BCUT2D eigenvalue weighted by Gasteiger charge is 2.27. The van der Waals surface area contributed by atoms with Crippen molar-refractivity contribution < 1.29 is 14.6 Å². The smallest absolute Gasteiger partial charge is 0.216 e. The van der Waals surface area contributed by atoms with Crippen molar-refractivity contribution in [2.45, 2.75) is 51.4 Å². The summed E-state index contributed by atoms with van der Waals surface area (Å²) in [6, 6.07) is 6.67. The van der Waals surface area contributed by atoms with Gasteiger partial charge in [0.2, 0.25) is 10.0 Å². The predicted molar refractivity (Wildman–Crippen MR) is 114 cm³/mol. The first-order valence-electron chi connectivity index (χ1n) is 9.93. The molecular weight excluding hydrogens is 362 g/mol. The molecule has 0 amide bonds. The van der Waals surface area contributed by atoms with Gasteiger partial charge >= 0.3 is 0 Å². The third-order valence-corrected chi connectivity index (χ3v) is 6.48. The fourth-order valence-corrected chi connectivity index (χ4v) is 4.93. The number of ether oxygens (including phenoxy) is 1. The lowest BCUT2D eigenvalue weighted by Gasteiger charge is -2.37. The van der Waals surface area contributed by atoms with Crippen LogP contribution in [-0.2, 0) is 20.5 Å². The number of nitrogens with one attached hydrogen (secondary N) is 1. The lowest BCUT2D eigenvalue weighted by Crippen LogP contribution is -2.48. The first kappa shape index (κ1) is 22.1. The minimum absolute atomic E-state index is 0. The van der Waals surface area contributed by atoms with Crippen molar-refractivity contribution in [1.82, 2.24) is 9.62 Å². The van der Waals surface area contributed by atoms with Crippen LogP contribution in [-0.4, -0.2) is 65.8 Å². The van der Waals surface area contributed by atoms with Crippen LogP contribution in [0.4, 0.5) is 5.69 Å². The third-order valence-electron chi connectivity index (χ3n) is 5.10. The second-order valence-electron chi connectivity index (χ2n) is 7.43. The van der Waals surface area contributed by atoms with Gasteiger partial charge in [0.15, 0.2) is 0 Å². The topological polar surface area (TPSA) is 61.9 Å². The lowest BCUT2D eigenvalue weighted by atomic mass is 10.0. The quantitative estimate of drug-likeness (QED) is 0.797. The summed E-state index contributed by atoms with van der Waals surface area (Å²) in [5, 5.41) is 0. The number of nitrogens with zero attached hydrogens (tertiary/aromatic N) is 2. The van der Waals surface area contributed by atoms with Gasteiger partial charge in [-0.05, 0) is 45.5 Å². The zero-order chi connectivity index (χ0) is 20.0. The van der Waals surface area contributed by atoms with Crippen molar-refractivity contribution in [2.24, 2.45) is 0 Å². The van der Waals surface area contributed by atoms with Crippen LogP contribution in [0.2, 0.25) is 0 Å². The molecule has 0 unspecified atom stereocenters. The molecule has 3 rings (SSSR count). The highest BCUT2D eigenvalue weighted by molar-refractivity contribution is 7.88. The molecule has 7 heteroatoms. The molecule has 1 aromatic rings. The molecule has 1 N–H and O–H groups in total. The summed E-state index contributed by atoms with van der Waals surface area (Å²) in [5.41, 5.74) is 3.03. The Morgan fingerprint density at radius 1 is 1.22 bits per heavy atom. The van der Waals surface area contributed by atoms with Crippen LogP contribution in [0.25, 0.3) is 0 Å². The van der Waals surface area contributed by atoms with Gasteiger partial charge in [-0.25, -0.2) is 13.1 Å². The summed E-state index contributed by atoms with van der Waals surface area (Å²) in [5.74, 6) is 0.0219. The average Bonchev–Trinajstić information content (AvgIpc) is 2.60. The van der Waals surface area contributed by atoms with Crippen LogP contribution in [0.15, 0.2) is 18.2 Å². The Hall–Kier alpha value is -1.15. The maximum absolute atomic E-state index is 12.5. The van der Waals surface area contributed by atoms with E-state index in [2.05, 4.69) is 40.7 Å². The van der Waals surface area contributed by atoms with Crippen LogP contribution in [0.5, 0.6) is 0 Å². The number of benzene rings is 1. The predicted octanol–water partition coefficient (Wildman–Crippen LogP) is 2.62. The van der Waals surface area contributed by atoms with Gasteiger partial charge in [-0.3, -0.25) is 0 Å². The molecule has 0 atom stereocenters. The van der Waals surface area contributed by atoms with Crippen LogP contribution < -0.4 is 9.62 Å². The molecule has 0 spiro atoms. The van der Waals surface area contributed by atoms with E-state index < -0.39 is 10.0 Å². The second-order valence-corrected chi connectivity index (χ2v) is 9.18. The molecule has 2 aliphatic heterocycles. The Morgan fingerprint density at radius 2 is 1.85 bits per heavy atom. The molecule has 27 heavy (non-hydrogen) atoms. The van der Waals surface area contributed by atoms with Gasteiger partial charge in [0, 0.05) is 26.2 Å². The molecular formula is C20H37N3O3S.